The van der Waals surface area contributed by atoms with E-state index in [9.17, 15) is 0 Å². The molecule has 22 heavy (non-hydrogen) atoms. The summed E-state index contributed by atoms with van der Waals surface area (Å²) >= 11 is 0. The SMILES string of the molecule is CC(C)C1CCC1.CN1CCC(CN2CC3(CCC3)C2)CC1. The Balaban J connectivity index is 0.000000174. The van der Waals surface area contributed by atoms with Crippen LogP contribution in [0, 0.1) is 23.2 Å². The summed E-state index contributed by atoms with van der Waals surface area (Å²) in [4.78, 5) is 5.19. The molecular formula is C20H38N2. The molecule has 2 saturated heterocycles. The number of rotatable bonds is 3. The quantitative estimate of drug-likeness (QED) is 0.769. The van der Waals surface area contributed by atoms with Crippen molar-refractivity contribution in [2.45, 2.75) is 65.2 Å². The molecule has 0 aromatic heterocycles. The van der Waals surface area contributed by atoms with Crippen LogP contribution < -0.4 is 0 Å². The number of hydrogen-bond acceptors (Lipinski definition) is 2. The summed E-state index contributed by atoms with van der Waals surface area (Å²) in [5, 5.41) is 0. The van der Waals surface area contributed by atoms with Crippen LogP contribution in [0.2, 0.25) is 0 Å². The first-order valence-electron chi connectivity index (χ1n) is 9.97. The third-order valence-corrected chi connectivity index (χ3v) is 6.98. The smallest absolute Gasteiger partial charge is 0.00506 e. The van der Waals surface area contributed by atoms with Gasteiger partial charge in [0.2, 0.25) is 0 Å². The Kier molecular flexibility index (Phi) is 5.50. The Labute approximate surface area is 138 Å². The summed E-state index contributed by atoms with van der Waals surface area (Å²) < 4.78 is 0. The van der Waals surface area contributed by atoms with E-state index in [-0.39, 0.29) is 0 Å². The van der Waals surface area contributed by atoms with Crippen molar-refractivity contribution in [2.24, 2.45) is 23.2 Å². The molecule has 4 rings (SSSR count). The second-order valence-corrected chi connectivity index (χ2v) is 9.20. The molecule has 0 N–H and O–H groups in total. The summed E-state index contributed by atoms with van der Waals surface area (Å²) in [6.07, 6.45) is 11.9. The van der Waals surface area contributed by atoms with E-state index in [1.165, 1.54) is 84.1 Å². The van der Waals surface area contributed by atoms with Crippen molar-refractivity contribution < 1.29 is 0 Å². The van der Waals surface area contributed by atoms with Gasteiger partial charge in [-0.15, -0.1) is 0 Å². The van der Waals surface area contributed by atoms with E-state index in [1.54, 1.807) is 0 Å². The molecule has 4 aliphatic rings. The van der Waals surface area contributed by atoms with Crippen LogP contribution in [0.25, 0.3) is 0 Å². The zero-order valence-electron chi connectivity index (χ0n) is 15.3. The van der Waals surface area contributed by atoms with Crippen LogP contribution in [-0.2, 0) is 0 Å². The van der Waals surface area contributed by atoms with Crippen molar-refractivity contribution in [2.75, 3.05) is 39.8 Å². The molecule has 0 atom stereocenters. The molecule has 4 fully saturated rings. The van der Waals surface area contributed by atoms with Gasteiger partial charge < -0.3 is 9.80 Å². The first-order chi connectivity index (χ1) is 10.6. The van der Waals surface area contributed by atoms with Gasteiger partial charge in [-0.25, -0.2) is 0 Å². The van der Waals surface area contributed by atoms with Crippen LogP contribution in [0.4, 0.5) is 0 Å². The first-order valence-corrected chi connectivity index (χ1v) is 9.97. The molecule has 0 aromatic carbocycles. The van der Waals surface area contributed by atoms with E-state index in [2.05, 4.69) is 30.7 Å². The number of nitrogens with zero attached hydrogens (tertiary/aromatic N) is 2. The van der Waals surface area contributed by atoms with Gasteiger partial charge in [0.15, 0.2) is 0 Å². The van der Waals surface area contributed by atoms with Crippen LogP contribution >= 0.6 is 0 Å². The first kappa shape index (κ1) is 16.8. The fourth-order valence-corrected chi connectivity index (χ4v) is 4.74. The Hall–Kier alpha value is -0.0800. The van der Waals surface area contributed by atoms with Crippen molar-refractivity contribution >= 4 is 0 Å². The van der Waals surface area contributed by atoms with Crippen LogP contribution in [0.1, 0.15) is 65.2 Å². The summed E-state index contributed by atoms with van der Waals surface area (Å²) in [6, 6.07) is 0. The molecule has 2 heteroatoms. The lowest BCUT2D eigenvalue weighted by molar-refractivity contribution is -0.0694. The second-order valence-electron chi connectivity index (χ2n) is 9.20. The molecule has 0 bridgehead atoms. The highest BCUT2D eigenvalue weighted by Crippen LogP contribution is 2.48. The minimum absolute atomic E-state index is 0.825. The lowest BCUT2D eigenvalue weighted by atomic mass is 9.63. The van der Waals surface area contributed by atoms with Crippen molar-refractivity contribution in [1.82, 2.24) is 9.80 Å². The lowest BCUT2D eigenvalue weighted by Gasteiger charge is -2.57. The molecule has 2 aliphatic heterocycles. The fourth-order valence-electron chi connectivity index (χ4n) is 4.74. The monoisotopic (exact) mass is 306 g/mol. The fraction of sp³-hybridized carbons (Fsp3) is 1.00. The minimum atomic E-state index is 0.825. The third-order valence-electron chi connectivity index (χ3n) is 6.98. The van der Waals surface area contributed by atoms with Crippen molar-refractivity contribution in [1.29, 1.82) is 0 Å². The predicted molar refractivity (Wildman–Crippen MR) is 95.1 cm³/mol. The van der Waals surface area contributed by atoms with Crippen molar-refractivity contribution in [3.8, 4) is 0 Å². The molecule has 2 nitrogen and oxygen atoms in total. The van der Waals surface area contributed by atoms with E-state index in [0.717, 1.165) is 23.2 Å². The number of piperidine rings is 1. The van der Waals surface area contributed by atoms with Gasteiger partial charge in [-0.1, -0.05) is 39.5 Å². The van der Waals surface area contributed by atoms with Gasteiger partial charge >= 0.3 is 0 Å². The van der Waals surface area contributed by atoms with Crippen LogP contribution in [-0.4, -0.2) is 49.6 Å². The van der Waals surface area contributed by atoms with Crippen LogP contribution in [0.5, 0.6) is 0 Å². The lowest BCUT2D eigenvalue weighted by Crippen LogP contribution is -2.60. The summed E-state index contributed by atoms with van der Waals surface area (Å²) in [6.45, 7) is 11.6. The maximum absolute atomic E-state index is 2.72. The largest absolute Gasteiger partial charge is 0.306 e. The van der Waals surface area contributed by atoms with E-state index >= 15 is 0 Å². The maximum atomic E-state index is 2.72. The number of likely N-dealkylation sites (tertiary alicyclic amines) is 2. The average molecular weight is 307 g/mol. The normalized spacial score (nSPS) is 29.5. The molecule has 0 radical (unpaired) electrons. The van der Waals surface area contributed by atoms with E-state index in [4.69, 9.17) is 0 Å². The average Bonchev–Trinajstić information content (AvgIpc) is 2.31. The Morgan fingerprint density at radius 3 is 1.95 bits per heavy atom. The molecule has 2 heterocycles. The molecular weight excluding hydrogens is 268 g/mol. The summed E-state index contributed by atoms with van der Waals surface area (Å²) in [5.74, 6) is 3.03. The maximum Gasteiger partial charge on any atom is 0.00506 e. The Morgan fingerprint density at radius 2 is 1.59 bits per heavy atom. The summed E-state index contributed by atoms with van der Waals surface area (Å²) in [7, 11) is 2.25. The summed E-state index contributed by atoms with van der Waals surface area (Å²) in [5.41, 5.74) is 0.825. The van der Waals surface area contributed by atoms with Crippen molar-refractivity contribution in [3.05, 3.63) is 0 Å². The minimum Gasteiger partial charge on any atom is -0.306 e. The molecule has 0 unspecified atom stereocenters. The Morgan fingerprint density at radius 1 is 0.955 bits per heavy atom. The molecule has 128 valence electrons. The van der Waals surface area contributed by atoms with Gasteiger partial charge in [0, 0.05) is 19.6 Å². The van der Waals surface area contributed by atoms with Gasteiger partial charge in [-0.05, 0) is 69.0 Å². The van der Waals surface area contributed by atoms with Gasteiger partial charge in [0.05, 0.1) is 0 Å². The van der Waals surface area contributed by atoms with E-state index in [0.29, 0.717) is 0 Å². The predicted octanol–water partition coefficient (Wildman–Crippen LogP) is 4.26. The molecule has 2 aliphatic carbocycles. The van der Waals surface area contributed by atoms with Gasteiger partial charge in [-0.2, -0.15) is 0 Å². The van der Waals surface area contributed by atoms with Crippen LogP contribution in [0.3, 0.4) is 0 Å². The zero-order chi connectivity index (χ0) is 15.6. The molecule has 2 saturated carbocycles. The highest BCUT2D eigenvalue weighted by atomic mass is 15.2. The zero-order valence-corrected chi connectivity index (χ0v) is 15.3. The number of hydrogen-bond donors (Lipinski definition) is 0. The van der Waals surface area contributed by atoms with E-state index in [1.807, 2.05) is 0 Å². The second kappa shape index (κ2) is 7.21. The van der Waals surface area contributed by atoms with Crippen LogP contribution in [0.15, 0.2) is 0 Å². The van der Waals surface area contributed by atoms with Gasteiger partial charge in [0.25, 0.3) is 0 Å². The third kappa shape index (κ3) is 4.06. The highest BCUT2D eigenvalue weighted by Gasteiger charge is 2.47. The topological polar surface area (TPSA) is 6.48 Å². The van der Waals surface area contributed by atoms with Crippen molar-refractivity contribution in [3.63, 3.8) is 0 Å². The Bertz CT molecular complexity index is 328. The van der Waals surface area contributed by atoms with E-state index < -0.39 is 0 Å². The molecule has 0 aromatic rings. The molecule has 0 amide bonds. The standard InChI is InChI=1S/C13H24N2.C7H14/c1-14-7-3-12(4-8-14)9-15-10-13(11-15)5-2-6-13;1-6(2)7-4-3-5-7/h12H,2-11H2,1H3;6-7H,3-5H2,1-2H3. The van der Waals surface area contributed by atoms with Gasteiger partial charge in [-0.3, -0.25) is 0 Å². The molecule has 1 spiro atoms. The highest BCUT2D eigenvalue weighted by molar-refractivity contribution is 5.00. The van der Waals surface area contributed by atoms with Gasteiger partial charge in [0.1, 0.15) is 0 Å².